The van der Waals surface area contributed by atoms with E-state index in [9.17, 15) is 0 Å². The molecule has 0 radical (unpaired) electrons. The number of anilines is 1. The fourth-order valence-electron chi connectivity index (χ4n) is 3.98. The fourth-order valence-corrected chi connectivity index (χ4v) is 4.15. The van der Waals surface area contributed by atoms with Crippen LogP contribution in [0.4, 0.5) is 5.82 Å². The summed E-state index contributed by atoms with van der Waals surface area (Å²) in [7, 11) is 0. The summed E-state index contributed by atoms with van der Waals surface area (Å²) in [5.74, 6) is 2.06. The minimum absolute atomic E-state index is 0.705. The van der Waals surface area contributed by atoms with Crippen LogP contribution in [0.2, 0.25) is 5.02 Å². The molecule has 2 aromatic carbocycles. The second kappa shape index (κ2) is 6.98. The highest BCUT2D eigenvalue weighted by Gasteiger charge is 2.21. The Morgan fingerprint density at radius 1 is 1.00 bits per heavy atom. The zero-order valence-electron chi connectivity index (χ0n) is 15.1. The molecular weight excluding hydrogens is 360 g/mol. The van der Waals surface area contributed by atoms with Crippen LogP contribution in [0, 0.1) is 0 Å². The first-order chi connectivity index (χ1) is 13.3. The Balaban J connectivity index is 1.28. The summed E-state index contributed by atoms with van der Waals surface area (Å²) in [6.07, 6.45) is 2.66. The second-order valence-corrected chi connectivity index (χ2v) is 7.60. The lowest BCUT2D eigenvalue weighted by atomic mass is 10.1. The van der Waals surface area contributed by atoms with Gasteiger partial charge in [-0.25, -0.2) is 9.97 Å². The predicted octanol–water partition coefficient (Wildman–Crippen LogP) is 3.54. The number of rotatable bonds is 3. The van der Waals surface area contributed by atoms with Crippen LogP contribution in [0.5, 0.6) is 5.75 Å². The molecule has 6 heteroatoms. The van der Waals surface area contributed by atoms with E-state index in [4.69, 9.17) is 16.3 Å². The van der Waals surface area contributed by atoms with Gasteiger partial charge in [-0.1, -0.05) is 23.7 Å². The van der Waals surface area contributed by atoms with Crippen LogP contribution in [0.25, 0.3) is 10.9 Å². The Kier molecular flexibility index (Phi) is 4.34. The molecule has 3 heterocycles. The summed E-state index contributed by atoms with van der Waals surface area (Å²) >= 11 is 6.10. The first-order valence-corrected chi connectivity index (χ1v) is 9.76. The van der Waals surface area contributed by atoms with Crippen LogP contribution < -0.4 is 9.64 Å². The van der Waals surface area contributed by atoms with Gasteiger partial charge in [0.25, 0.3) is 0 Å². The van der Waals surface area contributed by atoms with Crippen molar-refractivity contribution in [2.24, 2.45) is 0 Å². The van der Waals surface area contributed by atoms with Crippen LogP contribution in [0.15, 0.2) is 42.7 Å². The molecule has 5 rings (SSSR count). The Bertz CT molecular complexity index is 985. The van der Waals surface area contributed by atoms with Crippen molar-refractivity contribution in [3.05, 3.63) is 58.9 Å². The molecule has 1 saturated heterocycles. The molecule has 138 valence electrons. The molecule has 5 nitrogen and oxygen atoms in total. The van der Waals surface area contributed by atoms with E-state index in [2.05, 4.69) is 38.0 Å². The van der Waals surface area contributed by atoms with Crippen LogP contribution >= 0.6 is 11.6 Å². The van der Waals surface area contributed by atoms with Crippen molar-refractivity contribution >= 4 is 28.3 Å². The number of hydrogen-bond acceptors (Lipinski definition) is 5. The lowest BCUT2D eigenvalue weighted by Crippen LogP contribution is -2.46. The third kappa shape index (κ3) is 3.33. The third-order valence-electron chi connectivity index (χ3n) is 5.41. The van der Waals surface area contributed by atoms with E-state index in [1.165, 1.54) is 11.1 Å². The van der Waals surface area contributed by atoms with Gasteiger partial charge in [0.1, 0.15) is 17.9 Å². The summed E-state index contributed by atoms with van der Waals surface area (Å²) in [4.78, 5) is 13.8. The Labute approximate surface area is 163 Å². The first-order valence-electron chi connectivity index (χ1n) is 9.38. The molecule has 0 atom stereocenters. The Hall–Kier alpha value is -2.37. The molecule has 0 N–H and O–H groups in total. The Morgan fingerprint density at radius 3 is 2.78 bits per heavy atom. The van der Waals surface area contributed by atoms with Crippen LogP contribution in [0.1, 0.15) is 11.1 Å². The monoisotopic (exact) mass is 380 g/mol. The third-order valence-corrected chi connectivity index (χ3v) is 5.64. The van der Waals surface area contributed by atoms with Crippen LogP contribution in [-0.4, -0.2) is 47.7 Å². The molecule has 0 aliphatic carbocycles. The minimum Gasteiger partial charge on any atom is -0.493 e. The van der Waals surface area contributed by atoms with E-state index in [-0.39, 0.29) is 0 Å². The van der Waals surface area contributed by atoms with E-state index in [1.807, 2.05) is 18.2 Å². The van der Waals surface area contributed by atoms with E-state index in [0.29, 0.717) is 5.02 Å². The predicted molar refractivity (Wildman–Crippen MR) is 108 cm³/mol. The molecule has 0 amide bonds. The van der Waals surface area contributed by atoms with Crippen molar-refractivity contribution in [1.29, 1.82) is 0 Å². The molecule has 0 spiro atoms. The molecule has 0 bridgehead atoms. The quantitative estimate of drug-likeness (QED) is 0.695. The van der Waals surface area contributed by atoms with Gasteiger partial charge in [0.15, 0.2) is 0 Å². The number of hydrogen-bond donors (Lipinski definition) is 0. The maximum Gasteiger partial charge on any atom is 0.139 e. The molecule has 3 aromatic rings. The van der Waals surface area contributed by atoms with Gasteiger partial charge in [0.2, 0.25) is 0 Å². The topological polar surface area (TPSA) is 41.5 Å². The summed E-state index contributed by atoms with van der Waals surface area (Å²) in [6, 6.07) is 12.4. The van der Waals surface area contributed by atoms with Gasteiger partial charge in [0, 0.05) is 49.6 Å². The van der Waals surface area contributed by atoms with Crippen LogP contribution in [-0.2, 0) is 13.0 Å². The minimum atomic E-state index is 0.705. The highest BCUT2D eigenvalue weighted by Crippen LogP contribution is 2.28. The normalized spacial score (nSPS) is 17.1. The van der Waals surface area contributed by atoms with Crippen molar-refractivity contribution in [3.8, 4) is 5.75 Å². The molecular formula is C21H21ClN4O. The number of aromatic nitrogens is 2. The second-order valence-electron chi connectivity index (χ2n) is 7.16. The van der Waals surface area contributed by atoms with Gasteiger partial charge in [-0.2, -0.15) is 0 Å². The molecule has 0 unspecified atom stereocenters. The summed E-state index contributed by atoms with van der Waals surface area (Å²) in [6.45, 7) is 5.77. The standard InChI is InChI=1S/C21H21ClN4O/c22-17-2-3-18-19(12-17)23-14-24-21(18)26-8-6-25(7-9-26)13-15-1-4-20-16(11-15)5-10-27-20/h1-4,11-12,14H,5-10,13H2. The maximum atomic E-state index is 6.10. The number of piperazine rings is 1. The molecule has 2 aliphatic rings. The van der Waals surface area contributed by atoms with Crippen molar-refractivity contribution in [2.75, 3.05) is 37.7 Å². The zero-order chi connectivity index (χ0) is 18.2. The van der Waals surface area contributed by atoms with Gasteiger partial charge in [0.05, 0.1) is 12.1 Å². The largest absolute Gasteiger partial charge is 0.493 e. The van der Waals surface area contributed by atoms with E-state index in [1.54, 1.807) is 6.33 Å². The summed E-state index contributed by atoms with van der Waals surface area (Å²) < 4.78 is 5.61. The average molecular weight is 381 g/mol. The van der Waals surface area contributed by atoms with E-state index < -0.39 is 0 Å². The van der Waals surface area contributed by atoms with Gasteiger partial charge >= 0.3 is 0 Å². The number of benzene rings is 2. The first kappa shape index (κ1) is 16.8. The van der Waals surface area contributed by atoms with Crippen molar-refractivity contribution in [1.82, 2.24) is 14.9 Å². The number of ether oxygens (including phenoxy) is 1. The highest BCUT2D eigenvalue weighted by molar-refractivity contribution is 6.31. The van der Waals surface area contributed by atoms with E-state index in [0.717, 1.165) is 68.2 Å². The molecule has 27 heavy (non-hydrogen) atoms. The van der Waals surface area contributed by atoms with Gasteiger partial charge in [-0.15, -0.1) is 0 Å². The number of halogens is 1. The lowest BCUT2D eigenvalue weighted by molar-refractivity contribution is 0.249. The zero-order valence-corrected chi connectivity index (χ0v) is 15.8. The number of fused-ring (bicyclic) bond motifs is 2. The SMILES string of the molecule is Clc1ccc2c(N3CCN(Cc4ccc5c(c4)CCO5)CC3)ncnc2c1. The molecule has 0 saturated carbocycles. The Morgan fingerprint density at radius 2 is 1.89 bits per heavy atom. The average Bonchev–Trinajstić information content (AvgIpc) is 3.16. The molecule has 1 fully saturated rings. The van der Waals surface area contributed by atoms with Crippen LogP contribution in [0.3, 0.4) is 0 Å². The van der Waals surface area contributed by atoms with Gasteiger partial charge in [-0.3, -0.25) is 4.90 Å². The van der Waals surface area contributed by atoms with Crippen molar-refractivity contribution in [2.45, 2.75) is 13.0 Å². The van der Waals surface area contributed by atoms with Gasteiger partial charge in [-0.05, 0) is 35.4 Å². The van der Waals surface area contributed by atoms with E-state index >= 15 is 0 Å². The molecule has 1 aromatic heterocycles. The van der Waals surface area contributed by atoms with Crippen molar-refractivity contribution < 1.29 is 4.74 Å². The molecule has 2 aliphatic heterocycles. The lowest BCUT2D eigenvalue weighted by Gasteiger charge is -2.35. The maximum absolute atomic E-state index is 6.10. The smallest absolute Gasteiger partial charge is 0.139 e. The van der Waals surface area contributed by atoms with Crippen molar-refractivity contribution in [3.63, 3.8) is 0 Å². The summed E-state index contributed by atoms with van der Waals surface area (Å²) in [5.41, 5.74) is 3.61. The van der Waals surface area contributed by atoms with Gasteiger partial charge < -0.3 is 9.64 Å². The number of nitrogens with zero attached hydrogens (tertiary/aromatic N) is 4. The fraction of sp³-hybridized carbons (Fsp3) is 0.333. The summed E-state index contributed by atoms with van der Waals surface area (Å²) in [5, 5.41) is 1.77. The highest BCUT2D eigenvalue weighted by atomic mass is 35.5.